The number of rotatable bonds is 1. The van der Waals surface area contributed by atoms with Crippen LogP contribution in [0.2, 0.25) is 0 Å². The number of carbonyl (C=O) groups excluding carboxylic acids is 1. The molecule has 6 heteroatoms. The summed E-state index contributed by atoms with van der Waals surface area (Å²) in [5.41, 5.74) is 7.69. The van der Waals surface area contributed by atoms with E-state index in [0.29, 0.717) is 28.3 Å². The molecule has 2 heterocycles. The quantitative estimate of drug-likeness (QED) is 0.672. The Morgan fingerprint density at radius 1 is 1.37 bits per heavy atom. The summed E-state index contributed by atoms with van der Waals surface area (Å²) in [5.74, 6) is 0.854. The Morgan fingerprint density at radius 3 is 2.84 bits per heavy atom. The molecule has 0 amide bonds. The fraction of sp³-hybridized carbons (Fsp3) is 0.154. The standard InChI is InChI=1S/C13H12N4O2/c1-7-6-15-12(19-7)13(18)17-8(2)16-10-4-3-9(14)5-11(10)17/h3-6H,14H2,1-2H3. The van der Waals surface area contributed by atoms with E-state index in [1.54, 1.807) is 32.0 Å². The molecule has 0 radical (unpaired) electrons. The first-order valence-corrected chi connectivity index (χ1v) is 5.78. The van der Waals surface area contributed by atoms with Crippen molar-refractivity contribution in [3.8, 4) is 0 Å². The van der Waals surface area contributed by atoms with Gasteiger partial charge < -0.3 is 10.2 Å². The Labute approximate surface area is 108 Å². The number of aromatic nitrogens is 3. The predicted molar refractivity (Wildman–Crippen MR) is 69.9 cm³/mol. The lowest BCUT2D eigenvalue weighted by atomic mass is 10.3. The van der Waals surface area contributed by atoms with Crippen molar-refractivity contribution in [2.45, 2.75) is 13.8 Å². The van der Waals surface area contributed by atoms with E-state index in [4.69, 9.17) is 10.2 Å². The third-order valence-corrected chi connectivity index (χ3v) is 2.85. The predicted octanol–water partition coefficient (Wildman–Crippen LogP) is 1.91. The number of nitrogen functional groups attached to an aromatic ring is 1. The van der Waals surface area contributed by atoms with Crippen molar-refractivity contribution >= 4 is 22.6 Å². The molecule has 0 atom stereocenters. The van der Waals surface area contributed by atoms with Crippen molar-refractivity contribution in [3.05, 3.63) is 41.9 Å². The van der Waals surface area contributed by atoms with Crippen LogP contribution in [0, 0.1) is 13.8 Å². The SMILES string of the molecule is Cc1cnc(C(=O)n2c(C)nc3ccc(N)cc32)o1. The van der Waals surface area contributed by atoms with E-state index in [2.05, 4.69) is 9.97 Å². The molecule has 19 heavy (non-hydrogen) atoms. The minimum Gasteiger partial charge on any atom is -0.438 e. The Hall–Kier alpha value is -2.63. The summed E-state index contributed by atoms with van der Waals surface area (Å²) >= 11 is 0. The van der Waals surface area contributed by atoms with Gasteiger partial charge in [-0.05, 0) is 32.0 Å². The van der Waals surface area contributed by atoms with Gasteiger partial charge in [0.05, 0.1) is 17.2 Å². The Bertz CT molecular complexity index is 785. The highest BCUT2D eigenvalue weighted by atomic mass is 16.4. The Kier molecular flexibility index (Phi) is 2.38. The Morgan fingerprint density at radius 2 is 2.16 bits per heavy atom. The summed E-state index contributed by atoms with van der Waals surface area (Å²) in [7, 11) is 0. The minimum absolute atomic E-state index is 0.0438. The number of hydrogen-bond acceptors (Lipinski definition) is 5. The maximum absolute atomic E-state index is 12.4. The number of nitrogens with two attached hydrogens (primary N) is 1. The van der Waals surface area contributed by atoms with Crippen LogP contribution < -0.4 is 5.73 Å². The zero-order chi connectivity index (χ0) is 13.6. The highest BCUT2D eigenvalue weighted by Crippen LogP contribution is 2.20. The van der Waals surface area contributed by atoms with Crippen molar-refractivity contribution in [2.75, 3.05) is 5.73 Å². The number of hydrogen-bond donors (Lipinski definition) is 1. The molecular weight excluding hydrogens is 244 g/mol. The highest BCUT2D eigenvalue weighted by Gasteiger charge is 2.20. The van der Waals surface area contributed by atoms with Gasteiger partial charge in [-0.2, -0.15) is 0 Å². The van der Waals surface area contributed by atoms with E-state index in [-0.39, 0.29) is 11.8 Å². The molecule has 96 valence electrons. The van der Waals surface area contributed by atoms with Crippen molar-refractivity contribution in [1.29, 1.82) is 0 Å². The van der Waals surface area contributed by atoms with Gasteiger partial charge in [-0.15, -0.1) is 0 Å². The molecule has 0 bridgehead atoms. The summed E-state index contributed by atoms with van der Waals surface area (Å²) in [6.07, 6.45) is 1.51. The van der Waals surface area contributed by atoms with Gasteiger partial charge in [0.25, 0.3) is 5.89 Å². The molecule has 0 saturated carbocycles. The van der Waals surface area contributed by atoms with E-state index in [9.17, 15) is 4.79 Å². The first-order chi connectivity index (χ1) is 9.06. The largest absolute Gasteiger partial charge is 0.438 e. The molecule has 2 N–H and O–H groups in total. The van der Waals surface area contributed by atoms with E-state index >= 15 is 0 Å². The monoisotopic (exact) mass is 256 g/mol. The maximum Gasteiger partial charge on any atom is 0.319 e. The average Bonchev–Trinajstić information content (AvgIpc) is 2.91. The molecule has 3 aromatic rings. The van der Waals surface area contributed by atoms with Crippen LogP contribution in [-0.4, -0.2) is 20.4 Å². The average molecular weight is 256 g/mol. The molecule has 0 aliphatic heterocycles. The van der Waals surface area contributed by atoms with Gasteiger partial charge in [-0.25, -0.2) is 9.97 Å². The van der Waals surface area contributed by atoms with Crippen LogP contribution in [0.3, 0.4) is 0 Å². The lowest BCUT2D eigenvalue weighted by Crippen LogP contribution is -2.14. The number of oxazole rings is 1. The van der Waals surface area contributed by atoms with Crippen molar-refractivity contribution in [3.63, 3.8) is 0 Å². The van der Waals surface area contributed by atoms with Gasteiger partial charge in [0.1, 0.15) is 11.6 Å². The molecule has 0 aliphatic rings. The summed E-state index contributed by atoms with van der Waals surface area (Å²) in [5, 5.41) is 0. The number of fused-ring (bicyclic) bond motifs is 1. The molecular formula is C13H12N4O2. The van der Waals surface area contributed by atoms with Crippen LogP contribution in [0.25, 0.3) is 11.0 Å². The number of imidazole rings is 1. The zero-order valence-electron chi connectivity index (χ0n) is 10.5. The number of benzene rings is 1. The van der Waals surface area contributed by atoms with Gasteiger partial charge in [-0.1, -0.05) is 0 Å². The third-order valence-electron chi connectivity index (χ3n) is 2.85. The van der Waals surface area contributed by atoms with Gasteiger partial charge in [0, 0.05) is 5.69 Å². The number of anilines is 1. The maximum atomic E-state index is 12.4. The number of aryl methyl sites for hydroxylation is 2. The Balaban J connectivity index is 2.21. The van der Waals surface area contributed by atoms with Crippen LogP contribution in [0.4, 0.5) is 5.69 Å². The molecule has 0 aliphatic carbocycles. The first kappa shape index (κ1) is 11.5. The van der Waals surface area contributed by atoms with Gasteiger partial charge in [0.2, 0.25) is 0 Å². The summed E-state index contributed by atoms with van der Waals surface area (Å²) in [6.45, 7) is 3.49. The topological polar surface area (TPSA) is 86.9 Å². The van der Waals surface area contributed by atoms with Gasteiger partial charge >= 0.3 is 5.91 Å². The van der Waals surface area contributed by atoms with Crippen LogP contribution in [-0.2, 0) is 0 Å². The van der Waals surface area contributed by atoms with Crippen LogP contribution >= 0.6 is 0 Å². The highest BCUT2D eigenvalue weighted by molar-refractivity contribution is 5.99. The third kappa shape index (κ3) is 1.77. The summed E-state index contributed by atoms with van der Waals surface area (Å²) < 4.78 is 6.72. The second-order valence-corrected chi connectivity index (χ2v) is 4.32. The van der Waals surface area contributed by atoms with Crippen LogP contribution in [0.15, 0.2) is 28.8 Å². The number of carbonyl (C=O) groups is 1. The van der Waals surface area contributed by atoms with E-state index in [1.165, 1.54) is 10.8 Å². The lowest BCUT2D eigenvalue weighted by molar-refractivity contribution is 0.0926. The van der Waals surface area contributed by atoms with E-state index < -0.39 is 0 Å². The fourth-order valence-corrected chi connectivity index (χ4v) is 2.02. The molecule has 0 spiro atoms. The first-order valence-electron chi connectivity index (χ1n) is 5.78. The van der Waals surface area contributed by atoms with Crippen molar-refractivity contribution in [2.24, 2.45) is 0 Å². The normalized spacial score (nSPS) is 11.1. The molecule has 0 saturated heterocycles. The lowest BCUT2D eigenvalue weighted by Gasteiger charge is -2.02. The van der Waals surface area contributed by atoms with E-state index in [0.717, 1.165) is 0 Å². The molecule has 1 aromatic carbocycles. The van der Waals surface area contributed by atoms with Gasteiger partial charge in [0.15, 0.2) is 0 Å². The van der Waals surface area contributed by atoms with E-state index in [1.807, 2.05) is 0 Å². The van der Waals surface area contributed by atoms with Crippen LogP contribution in [0.1, 0.15) is 22.3 Å². The number of nitrogens with zero attached hydrogens (tertiary/aromatic N) is 3. The van der Waals surface area contributed by atoms with Gasteiger partial charge in [-0.3, -0.25) is 9.36 Å². The molecule has 3 rings (SSSR count). The zero-order valence-corrected chi connectivity index (χ0v) is 10.5. The molecule has 6 nitrogen and oxygen atoms in total. The minimum atomic E-state index is -0.348. The van der Waals surface area contributed by atoms with Crippen molar-refractivity contribution < 1.29 is 9.21 Å². The van der Waals surface area contributed by atoms with Crippen LogP contribution in [0.5, 0.6) is 0 Å². The second-order valence-electron chi connectivity index (χ2n) is 4.32. The van der Waals surface area contributed by atoms with Crippen molar-refractivity contribution in [1.82, 2.24) is 14.5 Å². The smallest absolute Gasteiger partial charge is 0.319 e. The second kappa shape index (κ2) is 3.94. The molecule has 0 fully saturated rings. The molecule has 0 unspecified atom stereocenters. The molecule has 2 aromatic heterocycles. The fourth-order valence-electron chi connectivity index (χ4n) is 2.02. The summed E-state index contributed by atoms with van der Waals surface area (Å²) in [6, 6.07) is 5.24. The summed E-state index contributed by atoms with van der Waals surface area (Å²) in [4.78, 5) is 20.7.